The van der Waals surface area contributed by atoms with E-state index in [1.54, 1.807) is 6.20 Å². The molecule has 1 aliphatic carbocycles. The first-order valence-electron chi connectivity index (χ1n) is 14.9. The Morgan fingerprint density at radius 2 is 1.84 bits per heavy atom. The van der Waals surface area contributed by atoms with Crippen LogP contribution in [0.25, 0.3) is 27.5 Å². The summed E-state index contributed by atoms with van der Waals surface area (Å²) in [5, 5.41) is 10.4. The van der Waals surface area contributed by atoms with E-state index in [4.69, 9.17) is 9.84 Å². The third-order valence-electron chi connectivity index (χ3n) is 9.44. The average molecular weight is 518 g/mol. The van der Waals surface area contributed by atoms with E-state index in [2.05, 4.69) is 51.9 Å². The Bertz CT molecular complexity index is 1370. The number of nitrogens with zero attached hydrogens (tertiary/aromatic N) is 3. The van der Waals surface area contributed by atoms with Crippen LogP contribution in [0.5, 0.6) is 0 Å². The van der Waals surface area contributed by atoms with Crippen LogP contribution in [-0.2, 0) is 4.74 Å². The summed E-state index contributed by atoms with van der Waals surface area (Å²) in [7, 11) is 0. The average Bonchev–Trinajstić information content (AvgIpc) is 3.42. The van der Waals surface area contributed by atoms with E-state index >= 15 is 0 Å². The molecule has 1 aromatic carbocycles. The quantitative estimate of drug-likeness (QED) is 0.440. The molecule has 3 aliphatic rings. The summed E-state index contributed by atoms with van der Waals surface area (Å²) in [5.41, 5.74) is 5.58. The van der Waals surface area contributed by atoms with E-state index in [-0.39, 0.29) is 17.1 Å². The number of aromatic nitrogens is 3. The normalized spacial score (nSPS) is 21.8. The summed E-state index contributed by atoms with van der Waals surface area (Å²) >= 11 is 0. The fourth-order valence-corrected chi connectivity index (χ4v) is 7.29. The maximum absolute atomic E-state index is 13.0. The van der Waals surface area contributed by atoms with Gasteiger partial charge in [0.15, 0.2) is 0 Å². The van der Waals surface area contributed by atoms with Gasteiger partial charge in [-0.05, 0) is 83.2 Å². The number of hydrogen-bond donors (Lipinski definition) is 2. The molecule has 2 N–H and O–H groups in total. The predicted octanol–water partition coefficient (Wildman–Crippen LogP) is 5.68. The number of aryl methyl sites for hydroxylation is 1. The molecule has 2 saturated heterocycles. The Morgan fingerprint density at radius 3 is 2.58 bits per heavy atom. The number of fused-ring (bicyclic) bond motifs is 3. The molecule has 0 radical (unpaired) electrons. The minimum atomic E-state index is -0.0666. The first-order chi connectivity index (χ1) is 18.6. The van der Waals surface area contributed by atoms with Crippen LogP contribution in [0.15, 0.2) is 29.2 Å². The van der Waals surface area contributed by atoms with Crippen LogP contribution >= 0.6 is 0 Å². The molecule has 38 heavy (non-hydrogen) atoms. The summed E-state index contributed by atoms with van der Waals surface area (Å²) in [6.45, 7) is 9.23. The third kappa shape index (κ3) is 4.68. The number of rotatable bonds is 6. The summed E-state index contributed by atoms with van der Waals surface area (Å²) in [4.78, 5) is 18.9. The van der Waals surface area contributed by atoms with Gasteiger partial charge in [0.05, 0.1) is 28.7 Å². The number of pyridine rings is 1. The van der Waals surface area contributed by atoms with E-state index in [9.17, 15) is 4.79 Å². The molecule has 2 aromatic heterocycles. The van der Waals surface area contributed by atoms with Gasteiger partial charge >= 0.3 is 0 Å². The fraction of sp³-hybridized carbons (Fsp3) is 0.613. The van der Waals surface area contributed by atoms with Crippen molar-refractivity contribution in [1.82, 2.24) is 25.0 Å². The van der Waals surface area contributed by atoms with Crippen LogP contribution in [0.1, 0.15) is 88.3 Å². The number of aromatic amines is 1. The molecule has 6 rings (SSSR count). The molecular formula is C31H43N5O2. The van der Waals surface area contributed by atoms with Crippen molar-refractivity contribution in [2.45, 2.75) is 89.6 Å². The largest absolute Gasteiger partial charge is 0.383 e. The number of hydrogen-bond acceptors (Lipinski definition) is 5. The molecule has 0 unspecified atom stereocenters. The van der Waals surface area contributed by atoms with Gasteiger partial charge in [-0.2, -0.15) is 5.10 Å². The van der Waals surface area contributed by atoms with Gasteiger partial charge in [-0.3, -0.25) is 14.4 Å². The van der Waals surface area contributed by atoms with Crippen LogP contribution in [0.4, 0.5) is 0 Å². The van der Waals surface area contributed by atoms with E-state index < -0.39 is 0 Å². The Hall–Kier alpha value is -2.64. The van der Waals surface area contributed by atoms with Crippen molar-refractivity contribution >= 4 is 27.5 Å². The summed E-state index contributed by atoms with van der Waals surface area (Å²) in [5.74, 6) is 0. The molecule has 3 fully saturated rings. The number of piperidine rings is 1. The summed E-state index contributed by atoms with van der Waals surface area (Å²) in [6.07, 6.45) is 16.5. The fourth-order valence-electron chi connectivity index (χ4n) is 7.29. The van der Waals surface area contributed by atoms with Gasteiger partial charge in [0.1, 0.15) is 0 Å². The molecule has 2 aliphatic heterocycles. The lowest BCUT2D eigenvalue weighted by Crippen LogP contribution is -2.57. The molecule has 0 spiro atoms. The zero-order valence-electron chi connectivity index (χ0n) is 23.2. The van der Waals surface area contributed by atoms with Crippen molar-refractivity contribution in [3.63, 3.8) is 0 Å². The zero-order valence-corrected chi connectivity index (χ0v) is 23.2. The van der Waals surface area contributed by atoms with Gasteiger partial charge < -0.3 is 15.0 Å². The van der Waals surface area contributed by atoms with Crippen LogP contribution in [-0.4, -0.2) is 58.1 Å². The van der Waals surface area contributed by atoms with Crippen molar-refractivity contribution in [3.8, 4) is 0 Å². The third-order valence-corrected chi connectivity index (χ3v) is 9.44. The molecule has 1 saturated carbocycles. The minimum Gasteiger partial charge on any atom is -0.383 e. The Morgan fingerprint density at radius 1 is 1.11 bits per heavy atom. The van der Waals surface area contributed by atoms with E-state index in [0.29, 0.717) is 5.39 Å². The van der Waals surface area contributed by atoms with Crippen molar-refractivity contribution in [1.29, 1.82) is 0 Å². The summed E-state index contributed by atoms with van der Waals surface area (Å²) in [6, 6.07) is 4.67. The second-order valence-corrected chi connectivity index (χ2v) is 11.8. The highest BCUT2D eigenvalue weighted by Crippen LogP contribution is 2.36. The second-order valence-electron chi connectivity index (χ2n) is 11.8. The van der Waals surface area contributed by atoms with Crippen molar-refractivity contribution < 1.29 is 4.74 Å². The number of benzene rings is 1. The van der Waals surface area contributed by atoms with Gasteiger partial charge in [0.25, 0.3) is 5.56 Å². The highest BCUT2D eigenvalue weighted by atomic mass is 16.5. The lowest BCUT2D eigenvalue weighted by atomic mass is 9.79. The standard InChI is InChI=1S/C31H43N5O2/c1-3-27(32-21-31(12-6-4-7-13-31)35-14-8-5-9-15-35)24-19-25-28(18-22(24)2)34-30(37)26-20-33-36(29(25)26)23-10-16-38-17-11-23/h3,18-20,23,32H,4-17,21H2,1-2H3,(H,34,37). The molecule has 3 aromatic rings. The van der Waals surface area contributed by atoms with Crippen LogP contribution in [0, 0.1) is 6.92 Å². The van der Waals surface area contributed by atoms with E-state index in [1.165, 1.54) is 81.3 Å². The van der Waals surface area contributed by atoms with Crippen LogP contribution < -0.4 is 10.9 Å². The van der Waals surface area contributed by atoms with Crippen molar-refractivity contribution in [3.05, 3.63) is 45.9 Å². The highest BCUT2D eigenvalue weighted by Gasteiger charge is 2.38. The van der Waals surface area contributed by atoms with Gasteiger partial charge in [-0.1, -0.05) is 31.8 Å². The van der Waals surface area contributed by atoms with Gasteiger partial charge in [0, 0.05) is 41.9 Å². The topological polar surface area (TPSA) is 75.2 Å². The maximum Gasteiger partial charge on any atom is 0.259 e. The van der Waals surface area contributed by atoms with E-state index in [1.807, 2.05) is 0 Å². The molecule has 7 nitrogen and oxygen atoms in total. The Balaban J connectivity index is 1.37. The first-order valence-corrected chi connectivity index (χ1v) is 14.9. The minimum absolute atomic E-state index is 0.0666. The Labute approximate surface area is 225 Å². The monoisotopic (exact) mass is 517 g/mol. The van der Waals surface area contributed by atoms with Crippen LogP contribution in [0.3, 0.4) is 0 Å². The van der Waals surface area contributed by atoms with Gasteiger partial charge in [0.2, 0.25) is 0 Å². The van der Waals surface area contributed by atoms with Crippen LogP contribution in [0.2, 0.25) is 0 Å². The second kappa shape index (κ2) is 10.9. The van der Waals surface area contributed by atoms with Crippen molar-refractivity contribution in [2.75, 3.05) is 32.8 Å². The molecule has 0 atom stereocenters. The lowest BCUT2D eigenvalue weighted by Gasteiger charge is -2.48. The zero-order chi connectivity index (χ0) is 26.1. The van der Waals surface area contributed by atoms with Gasteiger partial charge in [-0.15, -0.1) is 0 Å². The number of likely N-dealkylation sites (tertiary alicyclic amines) is 1. The number of nitrogens with one attached hydrogen (secondary N) is 2. The van der Waals surface area contributed by atoms with Crippen molar-refractivity contribution in [2.24, 2.45) is 0 Å². The van der Waals surface area contributed by atoms with Gasteiger partial charge in [-0.25, -0.2) is 0 Å². The molecule has 204 valence electrons. The lowest BCUT2D eigenvalue weighted by molar-refractivity contribution is 0.0365. The first kappa shape index (κ1) is 25.6. The molecule has 0 amide bonds. The van der Waals surface area contributed by atoms with E-state index in [0.717, 1.165) is 49.0 Å². The number of allylic oxidation sites excluding steroid dienone is 1. The number of ether oxygens (including phenoxy) is 1. The molecule has 0 bridgehead atoms. The maximum atomic E-state index is 13.0. The SMILES string of the molecule is CC=C(NCC1(N2CCCCC2)CCCCC1)c1cc2c(cc1C)[nH]c(=O)c1cnn(C3CCOCC3)c12. The number of H-pyrrole nitrogens is 1. The smallest absolute Gasteiger partial charge is 0.259 e. The predicted molar refractivity (Wildman–Crippen MR) is 155 cm³/mol. The molecular weight excluding hydrogens is 474 g/mol. The summed E-state index contributed by atoms with van der Waals surface area (Å²) < 4.78 is 7.69. The molecule has 4 heterocycles. The Kier molecular flexibility index (Phi) is 7.32. The molecule has 7 heteroatoms. The highest BCUT2D eigenvalue weighted by molar-refractivity contribution is 6.04.